The molecule has 0 unspecified atom stereocenters. The molecule has 1 radical (unpaired) electrons. The van der Waals surface area contributed by atoms with Crippen LogP contribution in [0.4, 0.5) is 10.2 Å². The number of unbranched alkanes of at least 4 members (excludes halogenated alkanes) is 7. The highest BCUT2D eigenvalue weighted by molar-refractivity contribution is 7.52. The summed E-state index contributed by atoms with van der Waals surface area (Å²) >= 11 is 0. The third kappa shape index (κ3) is 10.6. The third-order valence-electron chi connectivity index (χ3n) is 8.51. The number of nitrogen functional groups attached to an aromatic ring is 1. The Bertz CT molecular complexity index is 1810. The fraction of sp³-hybridized carbons (Fsp3) is 0.432. The molecular formula is C37H45FN6O6P. The standard InChI is InChI=1S/C37H45FN6O6P/c1-3-5-6-7-8-9-10-17-24-47-35(45)30(25-28-18-13-11-14-19-28)43-51(46,50-29-20-15-12-16-21-29)48-26-37(4-2)23-22-31(49-37)44-27-40-32-33(39)41-36(38)42-34(32)44/h2,11-16,18-21,23,27,30-31H,3,5-10,17,22,24-26H2,1H3,(H,43,46)(H2,39,41,42)/t30-,31+,37-,51-/m0/s1. The van der Waals surface area contributed by atoms with Gasteiger partial charge in [0, 0.05) is 6.42 Å². The maximum atomic E-state index is 14.6. The maximum Gasteiger partial charge on any atom is 0.459 e. The summed E-state index contributed by atoms with van der Waals surface area (Å²) in [5.74, 6) is 2.13. The smallest absolute Gasteiger partial charge is 0.459 e. The molecule has 0 bridgehead atoms. The number of hydrogen-bond donors (Lipinski definition) is 2. The Balaban J connectivity index is 1.29. The fourth-order valence-corrected chi connectivity index (χ4v) is 7.29. The zero-order chi connectivity index (χ0) is 36.1. The molecule has 0 amide bonds. The van der Waals surface area contributed by atoms with Crippen molar-refractivity contribution in [1.29, 1.82) is 0 Å². The molecule has 4 atom stereocenters. The van der Waals surface area contributed by atoms with Gasteiger partial charge in [0.2, 0.25) is 0 Å². The van der Waals surface area contributed by atoms with Gasteiger partial charge in [0.05, 0.1) is 19.5 Å². The van der Waals surface area contributed by atoms with Crippen LogP contribution in [0, 0.1) is 24.8 Å². The summed E-state index contributed by atoms with van der Waals surface area (Å²) in [5.41, 5.74) is 5.49. The summed E-state index contributed by atoms with van der Waals surface area (Å²) < 4.78 is 54.0. The lowest BCUT2D eigenvalue weighted by Gasteiger charge is -2.29. The second-order valence-electron chi connectivity index (χ2n) is 12.4. The summed E-state index contributed by atoms with van der Waals surface area (Å²) in [6.07, 6.45) is 16.5. The van der Waals surface area contributed by atoms with Crippen LogP contribution in [0.3, 0.4) is 0 Å². The van der Waals surface area contributed by atoms with Gasteiger partial charge in [-0.3, -0.25) is 13.9 Å². The van der Waals surface area contributed by atoms with E-state index in [4.69, 9.17) is 30.7 Å². The predicted molar refractivity (Wildman–Crippen MR) is 192 cm³/mol. The molecule has 0 aliphatic carbocycles. The molecule has 51 heavy (non-hydrogen) atoms. The second kappa shape index (κ2) is 18.2. The highest BCUT2D eigenvalue weighted by Crippen LogP contribution is 2.48. The minimum Gasteiger partial charge on any atom is -0.465 e. The first-order valence-corrected chi connectivity index (χ1v) is 18.9. The SMILES string of the molecule is C#C[C@@]1(CO[P@@](=O)(N[C@@H](Cc2ccccc2)C(=O)OCCCCCCCCCC)Oc2ccccc2)[CH]C[C@H](n2cnc3c(N)nc(F)nc32)O1. The number of nitrogens with one attached hydrogen (secondary N) is 1. The number of fused-ring (bicyclic) bond motifs is 1. The van der Waals surface area contributed by atoms with E-state index < -0.39 is 44.3 Å². The van der Waals surface area contributed by atoms with Gasteiger partial charge in [-0.2, -0.15) is 19.4 Å². The predicted octanol–water partition coefficient (Wildman–Crippen LogP) is 7.13. The Morgan fingerprint density at radius 1 is 1.10 bits per heavy atom. The Labute approximate surface area is 298 Å². The molecule has 2 aromatic heterocycles. The quantitative estimate of drug-likeness (QED) is 0.0315. The highest BCUT2D eigenvalue weighted by Gasteiger charge is 2.44. The Kier molecular flexibility index (Phi) is 13.6. The summed E-state index contributed by atoms with van der Waals surface area (Å²) in [6.45, 7) is 2.02. The fourth-order valence-electron chi connectivity index (χ4n) is 5.77. The normalized spacial score (nSPS) is 19.0. The molecule has 5 rings (SSSR count). The first kappa shape index (κ1) is 37.9. The second-order valence-corrected chi connectivity index (χ2v) is 14.1. The number of imidazole rings is 1. The van der Waals surface area contributed by atoms with Crippen LogP contribution in [0.15, 0.2) is 67.0 Å². The Morgan fingerprint density at radius 2 is 1.78 bits per heavy atom. The number of terminal acetylenes is 1. The van der Waals surface area contributed by atoms with Crippen LogP contribution in [0.2, 0.25) is 0 Å². The minimum absolute atomic E-state index is 0.115. The number of aromatic nitrogens is 4. The molecule has 0 spiro atoms. The first-order chi connectivity index (χ1) is 24.7. The lowest BCUT2D eigenvalue weighted by atomic mass is 10.0. The van der Waals surface area contributed by atoms with Crippen molar-refractivity contribution >= 4 is 30.7 Å². The first-order valence-electron chi connectivity index (χ1n) is 17.4. The highest BCUT2D eigenvalue weighted by atomic mass is 31.2. The molecule has 14 heteroatoms. The van der Waals surface area contributed by atoms with Crippen LogP contribution < -0.4 is 15.3 Å². The maximum absolute atomic E-state index is 14.6. The molecule has 1 fully saturated rings. The van der Waals surface area contributed by atoms with Gasteiger partial charge in [-0.25, -0.2) is 9.55 Å². The van der Waals surface area contributed by atoms with Crippen molar-refractivity contribution in [3.63, 3.8) is 0 Å². The number of nitrogens with zero attached hydrogens (tertiary/aromatic N) is 4. The average molecular weight is 720 g/mol. The number of benzene rings is 2. The summed E-state index contributed by atoms with van der Waals surface area (Å²) in [5, 5.41) is 2.86. The number of halogens is 1. The molecule has 1 aliphatic rings. The summed E-state index contributed by atoms with van der Waals surface area (Å²) in [6, 6.07) is 16.7. The third-order valence-corrected chi connectivity index (χ3v) is 10.1. The summed E-state index contributed by atoms with van der Waals surface area (Å²) in [7, 11) is -4.34. The molecule has 3 heterocycles. The van der Waals surface area contributed by atoms with E-state index in [1.54, 1.807) is 36.8 Å². The van der Waals surface area contributed by atoms with E-state index in [2.05, 4.69) is 32.9 Å². The van der Waals surface area contributed by atoms with Gasteiger partial charge in [-0.05, 0) is 37.0 Å². The van der Waals surface area contributed by atoms with Crippen LogP contribution in [0.5, 0.6) is 5.75 Å². The Hall–Kier alpha value is -4.34. The lowest BCUT2D eigenvalue weighted by Crippen LogP contribution is -2.41. The van der Waals surface area contributed by atoms with Gasteiger partial charge < -0.3 is 19.7 Å². The lowest BCUT2D eigenvalue weighted by molar-refractivity contribution is -0.146. The zero-order valence-corrected chi connectivity index (χ0v) is 29.7. The van der Waals surface area contributed by atoms with Gasteiger partial charge in [0.25, 0.3) is 0 Å². The van der Waals surface area contributed by atoms with E-state index in [-0.39, 0.29) is 42.2 Å². The molecule has 12 nitrogen and oxygen atoms in total. The van der Waals surface area contributed by atoms with E-state index in [1.807, 2.05) is 30.3 Å². The van der Waals surface area contributed by atoms with E-state index in [0.717, 1.165) is 31.2 Å². The number of para-hydroxylation sites is 1. The van der Waals surface area contributed by atoms with Crippen molar-refractivity contribution < 1.29 is 32.3 Å². The van der Waals surface area contributed by atoms with Crippen molar-refractivity contribution in [2.24, 2.45) is 0 Å². The van der Waals surface area contributed by atoms with E-state index in [1.165, 1.54) is 36.6 Å². The Morgan fingerprint density at radius 3 is 2.49 bits per heavy atom. The molecule has 271 valence electrons. The minimum atomic E-state index is -4.34. The summed E-state index contributed by atoms with van der Waals surface area (Å²) in [4.78, 5) is 25.1. The average Bonchev–Trinajstić information content (AvgIpc) is 3.76. The molecule has 1 saturated heterocycles. The van der Waals surface area contributed by atoms with Crippen LogP contribution in [-0.4, -0.2) is 50.3 Å². The number of esters is 1. The van der Waals surface area contributed by atoms with Gasteiger partial charge >= 0.3 is 19.8 Å². The number of nitrogens with two attached hydrogens (primary N) is 1. The van der Waals surface area contributed by atoms with Crippen molar-refractivity contribution in [2.45, 2.75) is 89.0 Å². The topological polar surface area (TPSA) is 153 Å². The van der Waals surface area contributed by atoms with Crippen LogP contribution in [-0.2, 0) is 29.8 Å². The number of carbonyl (C=O) groups is 1. The number of ether oxygens (including phenoxy) is 2. The van der Waals surface area contributed by atoms with Crippen molar-refractivity contribution in [1.82, 2.24) is 24.6 Å². The zero-order valence-electron chi connectivity index (χ0n) is 28.8. The van der Waals surface area contributed by atoms with E-state index in [0.29, 0.717) is 0 Å². The molecule has 3 N–H and O–H groups in total. The van der Waals surface area contributed by atoms with Crippen LogP contribution >= 0.6 is 7.75 Å². The van der Waals surface area contributed by atoms with Crippen molar-refractivity contribution in [3.8, 4) is 18.1 Å². The van der Waals surface area contributed by atoms with Gasteiger partial charge in [0.1, 0.15) is 18.0 Å². The van der Waals surface area contributed by atoms with Crippen LogP contribution in [0.25, 0.3) is 11.2 Å². The number of hydrogen-bond acceptors (Lipinski definition) is 10. The molecule has 2 aromatic carbocycles. The monoisotopic (exact) mass is 719 g/mol. The van der Waals surface area contributed by atoms with Crippen molar-refractivity contribution in [3.05, 3.63) is 85.1 Å². The number of rotatable bonds is 20. The van der Waals surface area contributed by atoms with E-state index in [9.17, 15) is 13.8 Å². The van der Waals surface area contributed by atoms with Crippen molar-refractivity contribution in [2.75, 3.05) is 18.9 Å². The van der Waals surface area contributed by atoms with Gasteiger partial charge in [-0.1, -0.05) is 106 Å². The number of anilines is 1. The van der Waals surface area contributed by atoms with Crippen LogP contribution in [0.1, 0.15) is 76.5 Å². The van der Waals surface area contributed by atoms with Gasteiger partial charge in [-0.15, -0.1) is 6.42 Å². The van der Waals surface area contributed by atoms with E-state index >= 15 is 0 Å². The molecule has 4 aromatic rings. The molecular weight excluding hydrogens is 674 g/mol. The largest absolute Gasteiger partial charge is 0.465 e. The molecule has 1 aliphatic heterocycles. The number of carbonyl (C=O) groups excluding carboxylic acids is 1. The molecule has 0 saturated carbocycles. The van der Waals surface area contributed by atoms with Gasteiger partial charge in [0.15, 0.2) is 22.6 Å².